The lowest BCUT2D eigenvalue weighted by Gasteiger charge is -2.09. The van der Waals surface area contributed by atoms with Gasteiger partial charge in [0.1, 0.15) is 10.0 Å². The van der Waals surface area contributed by atoms with Gasteiger partial charge in [0.2, 0.25) is 0 Å². The summed E-state index contributed by atoms with van der Waals surface area (Å²) in [6.45, 7) is 0.968. The van der Waals surface area contributed by atoms with Gasteiger partial charge >= 0.3 is 0 Å². The fraction of sp³-hybridized carbons (Fsp3) is 0.188. The number of anilines is 1. The molecule has 23 heavy (non-hydrogen) atoms. The van der Waals surface area contributed by atoms with Crippen LogP contribution >= 0.6 is 11.3 Å². The van der Waals surface area contributed by atoms with Crippen LogP contribution in [0.4, 0.5) is 5.69 Å². The maximum Gasteiger partial charge on any atom is 0.271 e. The van der Waals surface area contributed by atoms with Crippen LogP contribution in [0.15, 0.2) is 52.2 Å². The van der Waals surface area contributed by atoms with E-state index in [2.05, 4.69) is 14.3 Å². The molecule has 7 heteroatoms. The Morgan fingerprint density at radius 3 is 2.96 bits per heavy atom. The number of aromatic nitrogens is 2. The summed E-state index contributed by atoms with van der Waals surface area (Å²) >= 11 is 1.20. The molecule has 4 rings (SSSR count). The molecule has 0 unspecified atom stereocenters. The summed E-state index contributed by atoms with van der Waals surface area (Å²) in [4.78, 5) is 4.44. The molecule has 5 nitrogen and oxygen atoms in total. The van der Waals surface area contributed by atoms with Crippen LogP contribution in [-0.4, -0.2) is 18.0 Å². The van der Waals surface area contributed by atoms with Gasteiger partial charge in [-0.05, 0) is 30.0 Å². The number of nitrogens with zero attached hydrogens (tertiary/aromatic N) is 2. The second kappa shape index (κ2) is 5.50. The number of benzene rings is 1. The van der Waals surface area contributed by atoms with Crippen molar-refractivity contribution in [3.05, 3.63) is 53.8 Å². The van der Waals surface area contributed by atoms with Crippen molar-refractivity contribution in [3.8, 4) is 11.3 Å². The third kappa shape index (κ3) is 2.66. The smallest absolute Gasteiger partial charge is 0.271 e. The Morgan fingerprint density at radius 1 is 1.22 bits per heavy atom. The van der Waals surface area contributed by atoms with Crippen molar-refractivity contribution in [1.29, 1.82) is 0 Å². The van der Waals surface area contributed by atoms with Gasteiger partial charge in [-0.25, -0.2) is 13.4 Å². The normalized spacial score (nSPS) is 13.9. The van der Waals surface area contributed by atoms with E-state index in [0.717, 1.165) is 36.5 Å². The molecule has 0 aliphatic carbocycles. The monoisotopic (exact) mass is 345 g/mol. The highest BCUT2D eigenvalue weighted by Gasteiger charge is 2.18. The molecule has 0 amide bonds. The average Bonchev–Trinajstić information content (AvgIpc) is 3.25. The first-order chi connectivity index (χ1) is 11.1. The molecule has 0 fully saturated rings. The van der Waals surface area contributed by atoms with Gasteiger partial charge in [0, 0.05) is 24.2 Å². The fourth-order valence-electron chi connectivity index (χ4n) is 2.85. The van der Waals surface area contributed by atoms with Crippen LogP contribution in [0.3, 0.4) is 0 Å². The maximum absolute atomic E-state index is 12.3. The summed E-state index contributed by atoms with van der Waals surface area (Å²) < 4.78 is 29.8. The lowest BCUT2D eigenvalue weighted by Crippen LogP contribution is -2.11. The Hall–Kier alpha value is -2.12. The van der Waals surface area contributed by atoms with Gasteiger partial charge in [0.25, 0.3) is 10.0 Å². The highest BCUT2D eigenvalue weighted by molar-refractivity contribution is 7.94. The van der Waals surface area contributed by atoms with Crippen LogP contribution in [0.25, 0.3) is 11.3 Å². The van der Waals surface area contributed by atoms with E-state index in [9.17, 15) is 8.42 Å². The van der Waals surface area contributed by atoms with Crippen LogP contribution in [0, 0.1) is 0 Å². The lowest BCUT2D eigenvalue weighted by atomic mass is 10.1. The topological polar surface area (TPSA) is 64.0 Å². The van der Waals surface area contributed by atoms with Crippen molar-refractivity contribution in [2.24, 2.45) is 0 Å². The van der Waals surface area contributed by atoms with Gasteiger partial charge in [-0.1, -0.05) is 18.2 Å². The predicted molar refractivity (Wildman–Crippen MR) is 91.1 cm³/mol. The van der Waals surface area contributed by atoms with Crippen molar-refractivity contribution in [3.63, 3.8) is 0 Å². The van der Waals surface area contributed by atoms with E-state index in [1.165, 1.54) is 11.3 Å². The molecular formula is C16H15N3O2S2. The van der Waals surface area contributed by atoms with Crippen LogP contribution in [0.5, 0.6) is 0 Å². The second-order valence-electron chi connectivity index (χ2n) is 5.43. The van der Waals surface area contributed by atoms with Crippen molar-refractivity contribution in [2.75, 3.05) is 4.72 Å². The van der Waals surface area contributed by atoms with Crippen LogP contribution in [0.1, 0.15) is 12.2 Å². The van der Waals surface area contributed by atoms with Crippen LogP contribution in [0.2, 0.25) is 0 Å². The summed E-state index contributed by atoms with van der Waals surface area (Å²) in [5.74, 6) is 1.10. The number of rotatable bonds is 4. The van der Waals surface area contributed by atoms with Crippen molar-refractivity contribution < 1.29 is 8.42 Å². The van der Waals surface area contributed by atoms with Gasteiger partial charge in [-0.3, -0.25) is 4.72 Å². The van der Waals surface area contributed by atoms with E-state index in [-0.39, 0.29) is 0 Å². The first-order valence-electron chi connectivity index (χ1n) is 7.35. The summed E-state index contributed by atoms with van der Waals surface area (Å²) in [5, 5.41) is 1.75. The Balaban J connectivity index is 1.67. The standard InChI is InChI=1S/C16H15N3O2S2/c20-23(21,16-7-3-9-22-16)18-13-5-1-4-12(10-13)14-11-17-15-6-2-8-19(14)15/h1,3-5,7,9-11,18H,2,6,8H2. The fourth-order valence-corrected chi connectivity index (χ4v) is 4.89. The van der Waals surface area contributed by atoms with Crippen LogP contribution < -0.4 is 4.72 Å². The van der Waals surface area contributed by atoms with Gasteiger partial charge < -0.3 is 4.57 Å². The first kappa shape index (κ1) is 14.5. The molecule has 1 aliphatic heterocycles. The maximum atomic E-state index is 12.3. The third-order valence-corrected chi connectivity index (χ3v) is 6.67. The molecule has 1 N–H and O–H groups in total. The molecule has 118 valence electrons. The highest BCUT2D eigenvalue weighted by atomic mass is 32.2. The molecule has 1 aromatic carbocycles. The number of hydrogen-bond acceptors (Lipinski definition) is 4. The number of thiophene rings is 1. The Bertz CT molecular complexity index is 944. The lowest BCUT2D eigenvalue weighted by molar-refractivity contribution is 0.603. The molecule has 0 saturated carbocycles. The molecule has 3 heterocycles. The number of hydrogen-bond donors (Lipinski definition) is 1. The zero-order valence-electron chi connectivity index (χ0n) is 12.3. The molecule has 0 spiro atoms. The summed E-state index contributed by atoms with van der Waals surface area (Å²) in [6, 6.07) is 10.8. The minimum Gasteiger partial charge on any atom is -0.328 e. The zero-order chi connectivity index (χ0) is 15.9. The SMILES string of the molecule is O=S(=O)(Nc1cccc(-c2cnc3n2CCC3)c1)c1cccs1. The molecule has 1 aliphatic rings. The Morgan fingerprint density at radius 2 is 2.13 bits per heavy atom. The number of sulfonamides is 1. The van der Waals surface area contributed by atoms with E-state index in [4.69, 9.17) is 0 Å². The Labute approximate surface area is 138 Å². The van der Waals surface area contributed by atoms with E-state index in [1.807, 2.05) is 24.4 Å². The summed E-state index contributed by atoms with van der Waals surface area (Å²) in [6.07, 6.45) is 3.98. The number of aryl methyl sites for hydroxylation is 1. The summed E-state index contributed by atoms with van der Waals surface area (Å²) in [7, 11) is -3.52. The molecule has 0 saturated heterocycles. The van der Waals surface area contributed by atoms with E-state index in [1.54, 1.807) is 23.6 Å². The first-order valence-corrected chi connectivity index (χ1v) is 9.71. The van der Waals surface area contributed by atoms with E-state index in [0.29, 0.717) is 9.90 Å². The zero-order valence-corrected chi connectivity index (χ0v) is 13.9. The molecule has 0 atom stereocenters. The van der Waals surface area contributed by atoms with Crippen molar-refractivity contribution >= 4 is 27.0 Å². The highest BCUT2D eigenvalue weighted by Crippen LogP contribution is 2.28. The van der Waals surface area contributed by atoms with Gasteiger partial charge in [0.05, 0.1) is 11.9 Å². The van der Waals surface area contributed by atoms with Crippen molar-refractivity contribution in [2.45, 2.75) is 23.6 Å². The van der Waals surface area contributed by atoms with E-state index < -0.39 is 10.0 Å². The number of nitrogens with one attached hydrogen (secondary N) is 1. The molecular weight excluding hydrogens is 330 g/mol. The Kier molecular flexibility index (Phi) is 3.46. The molecule has 0 bridgehead atoms. The average molecular weight is 345 g/mol. The van der Waals surface area contributed by atoms with Gasteiger partial charge in [-0.2, -0.15) is 0 Å². The molecule has 0 radical (unpaired) electrons. The second-order valence-corrected chi connectivity index (χ2v) is 8.29. The largest absolute Gasteiger partial charge is 0.328 e. The van der Waals surface area contributed by atoms with Crippen molar-refractivity contribution in [1.82, 2.24) is 9.55 Å². The number of imidazole rings is 1. The minimum absolute atomic E-state index is 0.313. The summed E-state index contributed by atoms with van der Waals surface area (Å²) in [5.41, 5.74) is 2.57. The third-order valence-electron chi connectivity index (χ3n) is 3.89. The molecule has 2 aromatic heterocycles. The quantitative estimate of drug-likeness (QED) is 0.788. The van der Waals surface area contributed by atoms with Gasteiger partial charge in [0.15, 0.2) is 0 Å². The van der Waals surface area contributed by atoms with Crippen LogP contribution in [-0.2, 0) is 23.0 Å². The predicted octanol–water partition coefficient (Wildman–Crippen LogP) is 3.36. The number of fused-ring (bicyclic) bond motifs is 1. The minimum atomic E-state index is -3.52. The molecule has 3 aromatic rings. The van der Waals surface area contributed by atoms with Gasteiger partial charge in [-0.15, -0.1) is 11.3 Å². The van der Waals surface area contributed by atoms with E-state index >= 15 is 0 Å².